The molecule has 0 N–H and O–H groups in total. The van der Waals surface area contributed by atoms with Gasteiger partial charge in [-0.15, -0.1) is 0 Å². The molecule has 0 aromatic heterocycles. The Hall–Kier alpha value is -0.0100. The van der Waals surface area contributed by atoms with E-state index in [1.807, 2.05) is 13.8 Å². The Labute approximate surface area is 80.9 Å². The molecule has 0 aliphatic heterocycles. The molecule has 0 bridgehead atoms. The second kappa shape index (κ2) is 4.29. The molecule has 0 saturated carbocycles. The van der Waals surface area contributed by atoms with E-state index in [1.165, 1.54) is 0 Å². The van der Waals surface area contributed by atoms with E-state index in [9.17, 15) is 0 Å². The molecule has 2 unspecified atom stereocenters. The van der Waals surface area contributed by atoms with Gasteiger partial charge in [0.1, 0.15) is 0 Å². The lowest BCUT2D eigenvalue weighted by molar-refractivity contribution is 0.109. The Morgan fingerprint density at radius 3 is 1.92 bits per heavy atom. The van der Waals surface area contributed by atoms with Gasteiger partial charge in [0, 0.05) is 5.92 Å². The summed E-state index contributed by atoms with van der Waals surface area (Å²) in [5.74, 6) is 0.301. The summed E-state index contributed by atoms with van der Waals surface area (Å²) in [5, 5.41) is 0. The van der Waals surface area contributed by atoms with Crippen molar-refractivity contribution in [1.29, 1.82) is 0 Å². The molecule has 0 aromatic carbocycles. The lowest BCUT2D eigenvalue weighted by Gasteiger charge is -2.34. The van der Waals surface area contributed by atoms with Crippen molar-refractivity contribution < 1.29 is 4.29 Å². The quantitative estimate of drug-likeness (QED) is 0.616. The van der Waals surface area contributed by atoms with Gasteiger partial charge in [0.15, 0.2) is 0 Å². The molecule has 1 nitrogen and oxygen atoms in total. The Balaban J connectivity index is 4.56. The van der Waals surface area contributed by atoms with Crippen LogP contribution in [0.5, 0.6) is 0 Å². The lowest BCUT2D eigenvalue weighted by atomic mass is 9.74. The van der Waals surface area contributed by atoms with Gasteiger partial charge in [-0.05, 0) is 19.3 Å². The third-order valence-corrected chi connectivity index (χ3v) is 2.35. The van der Waals surface area contributed by atoms with Crippen molar-refractivity contribution in [3.05, 3.63) is 12.2 Å². The first-order chi connectivity index (χ1) is 5.30. The summed E-state index contributed by atoms with van der Waals surface area (Å²) in [7, 11) is 0. The fraction of sp³-hybridized carbons (Fsp3) is 0.800. The summed E-state index contributed by atoms with van der Waals surface area (Å²) in [6.45, 7) is 14.4. The van der Waals surface area contributed by atoms with Crippen molar-refractivity contribution in [2.75, 3.05) is 0 Å². The van der Waals surface area contributed by atoms with E-state index in [2.05, 4.69) is 27.4 Å². The van der Waals surface area contributed by atoms with Crippen LogP contribution in [0, 0.1) is 11.3 Å². The molecule has 0 aliphatic carbocycles. The van der Waals surface area contributed by atoms with Gasteiger partial charge in [-0.3, -0.25) is 4.29 Å². The molecular formula is C10H19ClO. The van der Waals surface area contributed by atoms with E-state index >= 15 is 0 Å². The van der Waals surface area contributed by atoms with Crippen molar-refractivity contribution in [1.82, 2.24) is 0 Å². The first kappa shape index (κ1) is 12.0. The molecule has 0 aliphatic rings. The van der Waals surface area contributed by atoms with E-state index in [4.69, 9.17) is 16.2 Å². The minimum Gasteiger partial charge on any atom is -0.276 e. The zero-order chi connectivity index (χ0) is 9.94. The molecule has 2 heteroatoms. The van der Waals surface area contributed by atoms with Gasteiger partial charge in [-0.2, -0.15) is 0 Å². The summed E-state index contributed by atoms with van der Waals surface area (Å²) >= 11 is 5.36. The number of hydrogen-bond donors (Lipinski definition) is 0. The van der Waals surface area contributed by atoms with Gasteiger partial charge in [0.05, 0.1) is 18.0 Å². The molecule has 72 valence electrons. The molecule has 0 aromatic rings. The van der Waals surface area contributed by atoms with Crippen LogP contribution in [0.15, 0.2) is 12.2 Å². The second-order valence-electron chi connectivity index (χ2n) is 4.48. The minimum absolute atomic E-state index is 0.0177. The van der Waals surface area contributed by atoms with Gasteiger partial charge in [-0.25, -0.2) is 0 Å². The average molecular weight is 191 g/mol. The van der Waals surface area contributed by atoms with E-state index in [-0.39, 0.29) is 11.5 Å². The summed E-state index contributed by atoms with van der Waals surface area (Å²) < 4.78 is 4.81. The smallest absolute Gasteiger partial charge is 0.0832 e. The van der Waals surface area contributed by atoms with Crippen LogP contribution < -0.4 is 0 Å². The second-order valence-corrected chi connectivity index (χ2v) is 4.66. The Bertz CT molecular complexity index is 158. The van der Waals surface area contributed by atoms with Crippen LogP contribution in [-0.4, -0.2) is 6.10 Å². The summed E-state index contributed by atoms with van der Waals surface area (Å²) in [5.41, 5.74) is 1.27. The number of rotatable bonds is 3. The molecule has 0 radical (unpaired) electrons. The fourth-order valence-electron chi connectivity index (χ4n) is 1.90. The van der Waals surface area contributed by atoms with Crippen molar-refractivity contribution in [3.8, 4) is 0 Å². The molecule has 12 heavy (non-hydrogen) atoms. The molecule has 0 heterocycles. The maximum absolute atomic E-state index is 5.36. The summed E-state index contributed by atoms with van der Waals surface area (Å²) in [6.07, 6.45) is 0.0177. The Morgan fingerprint density at radius 1 is 1.42 bits per heavy atom. The molecule has 2 atom stereocenters. The van der Waals surface area contributed by atoms with E-state index in [0.717, 1.165) is 5.57 Å². The van der Waals surface area contributed by atoms with Crippen molar-refractivity contribution in [3.63, 3.8) is 0 Å². The molecular weight excluding hydrogens is 172 g/mol. The predicted molar refractivity (Wildman–Crippen MR) is 54.2 cm³/mol. The highest BCUT2D eigenvalue weighted by molar-refractivity contribution is 6.07. The van der Waals surface area contributed by atoms with Crippen LogP contribution in [0.3, 0.4) is 0 Å². The average Bonchev–Trinajstić information content (AvgIpc) is 1.83. The third-order valence-electron chi connectivity index (χ3n) is 2.07. The van der Waals surface area contributed by atoms with Crippen LogP contribution in [0.1, 0.15) is 34.6 Å². The Morgan fingerprint density at radius 2 is 1.83 bits per heavy atom. The van der Waals surface area contributed by atoms with Crippen molar-refractivity contribution >= 4 is 11.9 Å². The van der Waals surface area contributed by atoms with Crippen LogP contribution in [0.4, 0.5) is 0 Å². The van der Waals surface area contributed by atoms with E-state index in [1.54, 1.807) is 0 Å². The van der Waals surface area contributed by atoms with Gasteiger partial charge < -0.3 is 0 Å². The standard InChI is InChI=1S/C10H19ClO/c1-7(2)9(8(3)12-11)10(4,5)6/h8-9H,1H2,2-6H3. The predicted octanol–water partition coefficient (Wildman–Crippen LogP) is 3.78. The van der Waals surface area contributed by atoms with Crippen molar-refractivity contribution in [2.24, 2.45) is 11.3 Å². The fourth-order valence-corrected chi connectivity index (χ4v) is 2.00. The number of halogens is 1. The monoisotopic (exact) mass is 190 g/mol. The van der Waals surface area contributed by atoms with Crippen LogP contribution in [-0.2, 0) is 4.29 Å². The van der Waals surface area contributed by atoms with E-state index < -0.39 is 0 Å². The topological polar surface area (TPSA) is 9.23 Å². The largest absolute Gasteiger partial charge is 0.276 e. The highest BCUT2D eigenvalue weighted by atomic mass is 35.5. The summed E-state index contributed by atoms with van der Waals surface area (Å²) in [4.78, 5) is 0. The van der Waals surface area contributed by atoms with Gasteiger partial charge in [0.25, 0.3) is 0 Å². The van der Waals surface area contributed by atoms with Gasteiger partial charge >= 0.3 is 0 Å². The summed E-state index contributed by atoms with van der Waals surface area (Å²) in [6, 6.07) is 0. The van der Waals surface area contributed by atoms with Crippen LogP contribution in [0.25, 0.3) is 0 Å². The normalized spacial score (nSPS) is 17.2. The zero-order valence-corrected chi connectivity index (χ0v) is 9.40. The first-order valence-corrected chi connectivity index (χ1v) is 4.54. The molecule has 0 saturated heterocycles. The Kier molecular flexibility index (Phi) is 4.29. The number of hydrogen-bond acceptors (Lipinski definition) is 1. The lowest BCUT2D eigenvalue weighted by Crippen LogP contribution is -2.31. The molecule has 0 fully saturated rings. The maximum atomic E-state index is 5.36. The third kappa shape index (κ3) is 3.16. The SMILES string of the molecule is C=C(C)C(C(C)OCl)C(C)(C)C. The highest BCUT2D eigenvalue weighted by Gasteiger charge is 2.30. The van der Waals surface area contributed by atoms with E-state index in [0.29, 0.717) is 5.92 Å². The maximum Gasteiger partial charge on any atom is 0.0832 e. The van der Waals surface area contributed by atoms with Crippen molar-refractivity contribution in [2.45, 2.75) is 40.7 Å². The van der Waals surface area contributed by atoms with Crippen LogP contribution in [0.2, 0.25) is 0 Å². The molecule has 0 amide bonds. The molecule has 0 rings (SSSR count). The van der Waals surface area contributed by atoms with Crippen LogP contribution >= 0.6 is 11.9 Å². The zero-order valence-electron chi connectivity index (χ0n) is 8.65. The molecule has 0 spiro atoms. The first-order valence-electron chi connectivity index (χ1n) is 4.23. The van der Waals surface area contributed by atoms with Gasteiger partial charge in [0.2, 0.25) is 0 Å². The highest BCUT2D eigenvalue weighted by Crippen LogP contribution is 2.35. The minimum atomic E-state index is 0.0177. The van der Waals surface area contributed by atoms with Gasteiger partial charge in [-0.1, -0.05) is 32.9 Å².